The molecule has 2 aliphatic heterocycles. The van der Waals surface area contributed by atoms with Crippen LogP contribution in [-0.4, -0.2) is 72.4 Å². The number of ketones is 3. The Morgan fingerprint density at radius 3 is 1.36 bits per heavy atom. The first kappa shape index (κ1) is 57.2. The Kier molecular flexibility index (Phi) is 18.9. The molecule has 2 atom stereocenters. The number of fused-ring (bicyclic) bond motifs is 2. The number of benzene rings is 6. The van der Waals surface area contributed by atoms with Crippen molar-refractivity contribution in [2.75, 3.05) is 14.2 Å². The van der Waals surface area contributed by atoms with E-state index in [1.807, 2.05) is 59.8 Å². The Morgan fingerprint density at radius 2 is 0.909 bits per heavy atom. The second-order valence-corrected chi connectivity index (χ2v) is 19.1. The largest absolute Gasteiger partial charge is 0.508 e. The topological polar surface area (TPSA) is 250 Å². The molecular formula is C62H64O15. The molecule has 0 saturated heterocycles. The molecule has 402 valence electrons. The summed E-state index contributed by atoms with van der Waals surface area (Å²) in [7, 11) is 2.83. The van der Waals surface area contributed by atoms with Gasteiger partial charge in [-0.05, 0) is 120 Å². The number of methoxy groups -OCH3 is 2. The van der Waals surface area contributed by atoms with Crippen molar-refractivity contribution < 1.29 is 74.2 Å². The minimum absolute atomic E-state index is 0.00233. The summed E-state index contributed by atoms with van der Waals surface area (Å²) in [4.78, 5) is 38.0. The monoisotopic (exact) mass is 1050 g/mol. The van der Waals surface area contributed by atoms with Gasteiger partial charge < -0.3 is 59.8 Å². The van der Waals surface area contributed by atoms with Gasteiger partial charge in [0.2, 0.25) is 0 Å². The molecule has 0 aromatic heterocycles. The summed E-state index contributed by atoms with van der Waals surface area (Å²) in [6, 6.07) is 23.4. The minimum atomic E-state index is -0.535. The minimum Gasteiger partial charge on any atom is -0.508 e. The van der Waals surface area contributed by atoms with Crippen LogP contribution in [0.1, 0.15) is 131 Å². The van der Waals surface area contributed by atoms with Crippen LogP contribution in [0, 0.1) is 0 Å². The number of rotatable bonds is 13. The number of phenols is 8. The van der Waals surface area contributed by atoms with E-state index in [-0.39, 0.29) is 98.6 Å². The number of hydrogen-bond acceptors (Lipinski definition) is 15. The predicted octanol–water partition coefficient (Wildman–Crippen LogP) is 12.6. The van der Waals surface area contributed by atoms with Crippen LogP contribution >= 0.6 is 0 Å². The molecular weight excluding hydrogens is 985 g/mol. The van der Waals surface area contributed by atoms with Crippen LogP contribution in [0.15, 0.2) is 132 Å². The number of ether oxygens (including phenoxy) is 4. The van der Waals surface area contributed by atoms with E-state index in [2.05, 4.69) is 0 Å². The average Bonchev–Trinajstić information content (AvgIpc) is 3.38. The van der Waals surface area contributed by atoms with Gasteiger partial charge in [0.15, 0.2) is 17.3 Å². The van der Waals surface area contributed by atoms with Crippen molar-refractivity contribution >= 4 is 23.4 Å². The van der Waals surface area contributed by atoms with Gasteiger partial charge in [-0.1, -0.05) is 77.4 Å². The molecule has 15 nitrogen and oxygen atoms in total. The standard InChI is InChI=1S/2C21H22O5.C20H20O5/c1-12(2)4-9-15-16(23)10-19(25-3)20-17(24)11-18(26-21(15)20)13-5-7-14(22)8-6-13;1-13(2)4-10-16-18(24)12-19(26-3)20(21(16)25)17(23)11-7-14-5-8-15(22)9-6-14;1-11(2)3-8-14-15(22)9-16(23)19-17(24)10-18(25-20(14)19)12-4-6-13(21)7-5-12/h4-8,10,18,22-23H,9,11H2,1-3H3;4-9,11-12,22,24-25H,10H2,1-3H3;3-7,9,18,21-23H,8,10H2,1-2H3/b;11-7+;. The fourth-order valence-electron chi connectivity index (χ4n) is 8.37. The third kappa shape index (κ3) is 14.2. The summed E-state index contributed by atoms with van der Waals surface area (Å²) in [6.07, 6.45) is 9.01. The van der Waals surface area contributed by atoms with Crippen LogP contribution in [0.4, 0.5) is 0 Å². The number of phenolic OH excluding ortho intramolecular Hbond substituents is 8. The van der Waals surface area contributed by atoms with Crippen molar-refractivity contribution in [1.82, 2.24) is 0 Å². The molecule has 2 heterocycles. The van der Waals surface area contributed by atoms with Gasteiger partial charge in [0.1, 0.15) is 97.9 Å². The van der Waals surface area contributed by atoms with Gasteiger partial charge >= 0.3 is 0 Å². The molecule has 0 saturated carbocycles. The van der Waals surface area contributed by atoms with Crippen molar-refractivity contribution in [3.63, 3.8) is 0 Å². The van der Waals surface area contributed by atoms with Crippen LogP contribution in [0.5, 0.6) is 69.0 Å². The maximum absolute atomic E-state index is 12.8. The normalized spacial score (nSPS) is 14.2. The zero-order valence-corrected chi connectivity index (χ0v) is 44.2. The maximum atomic E-state index is 12.8. The van der Waals surface area contributed by atoms with E-state index in [0.29, 0.717) is 47.5 Å². The van der Waals surface area contributed by atoms with E-state index in [9.17, 15) is 55.2 Å². The second-order valence-electron chi connectivity index (χ2n) is 19.1. The Bertz CT molecular complexity index is 3260. The molecule has 0 radical (unpaired) electrons. The van der Waals surface area contributed by atoms with E-state index >= 15 is 0 Å². The van der Waals surface area contributed by atoms with Crippen LogP contribution in [-0.2, 0) is 19.3 Å². The molecule has 15 heteroatoms. The number of allylic oxidation sites excluding steroid dienone is 7. The van der Waals surface area contributed by atoms with E-state index in [0.717, 1.165) is 33.4 Å². The fourth-order valence-corrected chi connectivity index (χ4v) is 8.37. The number of hydrogen-bond donors (Lipinski definition) is 8. The van der Waals surface area contributed by atoms with E-state index in [1.165, 1.54) is 62.8 Å². The molecule has 6 aromatic rings. The van der Waals surface area contributed by atoms with E-state index in [4.69, 9.17) is 18.9 Å². The summed E-state index contributed by atoms with van der Waals surface area (Å²) < 4.78 is 22.6. The summed E-state index contributed by atoms with van der Waals surface area (Å²) in [5.41, 5.74) is 7.26. The quantitative estimate of drug-likeness (QED) is 0.0304. The van der Waals surface area contributed by atoms with Crippen molar-refractivity contribution in [3.05, 3.63) is 182 Å². The lowest BCUT2D eigenvalue weighted by Crippen LogP contribution is -2.22. The lowest BCUT2D eigenvalue weighted by Gasteiger charge is -2.29. The Labute approximate surface area is 447 Å². The highest BCUT2D eigenvalue weighted by molar-refractivity contribution is 6.11. The number of Topliss-reactive ketones (excluding diaryl/α,β-unsaturated/α-hetero) is 2. The van der Waals surface area contributed by atoms with Gasteiger partial charge in [0.05, 0.1) is 27.1 Å². The fraction of sp³-hybridized carbons (Fsp3) is 0.242. The molecule has 0 aliphatic carbocycles. The maximum Gasteiger partial charge on any atom is 0.193 e. The number of aromatic hydroxyl groups is 8. The van der Waals surface area contributed by atoms with Gasteiger partial charge in [0.25, 0.3) is 0 Å². The Balaban J connectivity index is 0.000000187. The van der Waals surface area contributed by atoms with Gasteiger partial charge in [-0.15, -0.1) is 0 Å². The predicted molar refractivity (Wildman–Crippen MR) is 292 cm³/mol. The number of carbonyl (C=O) groups is 3. The molecule has 6 aromatic carbocycles. The third-order valence-electron chi connectivity index (χ3n) is 12.5. The summed E-state index contributed by atoms with van der Waals surface area (Å²) in [6.45, 7) is 11.6. The Morgan fingerprint density at radius 1 is 0.519 bits per heavy atom. The van der Waals surface area contributed by atoms with Gasteiger partial charge in [-0.2, -0.15) is 0 Å². The first-order chi connectivity index (χ1) is 36.6. The summed E-state index contributed by atoms with van der Waals surface area (Å²) >= 11 is 0. The van der Waals surface area contributed by atoms with Crippen LogP contribution in [0.3, 0.4) is 0 Å². The zero-order chi connectivity index (χ0) is 56.2. The van der Waals surface area contributed by atoms with Crippen molar-refractivity contribution in [2.24, 2.45) is 0 Å². The first-order valence-corrected chi connectivity index (χ1v) is 24.6. The molecule has 8 N–H and O–H groups in total. The van der Waals surface area contributed by atoms with Gasteiger partial charge in [-0.3, -0.25) is 14.4 Å². The zero-order valence-electron chi connectivity index (χ0n) is 44.2. The molecule has 2 aliphatic rings. The van der Waals surface area contributed by atoms with E-state index in [1.54, 1.807) is 54.6 Å². The molecule has 77 heavy (non-hydrogen) atoms. The van der Waals surface area contributed by atoms with Gasteiger partial charge in [-0.25, -0.2) is 0 Å². The number of carbonyl (C=O) groups excluding carboxylic acids is 3. The highest BCUT2D eigenvalue weighted by atomic mass is 16.5. The smallest absolute Gasteiger partial charge is 0.193 e. The molecule has 0 bridgehead atoms. The highest BCUT2D eigenvalue weighted by Crippen LogP contribution is 2.48. The lowest BCUT2D eigenvalue weighted by atomic mass is 9.92. The highest BCUT2D eigenvalue weighted by Gasteiger charge is 2.35. The van der Waals surface area contributed by atoms with Crippen molar-refractivity contribution in [2.45, 2.75) is 85.9 Å². The molecule has 0 fully saturated rings. The molecule has 0 spiro atoms. The SMILES string of the molecule is CC(C)=CCc1c(O)cc(O)c2c1OC(c1ccc(O)cc1)CC2=O.COc1cc(O)c(CC=C(C)C)c(O)c1C(=O)/C=C/c1ccc(O)cc1.COc1cc(O)c(CC=C(C)C)c2c1C(=O)CC(c1ccc(O)cc1)O2. The average molecular weight is 1050 g/mol. The van der Waals surface area contributed by atoms with Crippen LogP contribution in [0.25, 0.3) is 6.08 Å². The van der Waals surface area contributed by atoms with Crippen LogP contribution in [0.2, 0.25) is 0 Å². The first-order valence-electron chi connectivity index (χ1n) is 24.6. The van der Waals surface area contributed by atoms with E-state index < -0.39 is 18.0 Å². The molecule has 2 unspecified atom stereocenters. The summed E-state index contributed by atoms with van der Waals surface area (Å²) in [5, 5.41) is 79.6. The molecule has 0 amide bonds. The molecule has 8 rings (SSSR count). The lowest BCUT2D eigenvalue weighted by molar-refractivity contribution is 0.0832. The van der Waals surface area contributed by atoms with Crippen molar-refractivity contribution in [1.29, 1.82) is 0 Å². The third-order valence-corrected chi connectivity index (χ3v) is 12.5. The van der Waals surface area contributed by atoms with Crippen LogP contribution < -0.4 is 18.9 Å². The Hall–Kier alpha value is -9.11. The van der Waals surface area contributed by atoms with Crippen molar-refractivity contribution in [3.8, 4) is 69.0 Å². The van der Waals surface area contributed by atoms with Gasteiger partial charge in [0, 0.05) is 34.9 Å². The second kappa shape index (κ2) is 25.4. The summed E-state index contributed by atoms with van der Waals surface area (Å²) in [5.74, 6) is -0.128.